The van der Waals surface area contributed by atoms with Gasteiger partial charge in [-0.25, -0.2) is 9.78 Å². The molecule has 3 aromatic rings. The van der Waals surface area contributed by atoms with Gasteiger partial charge in [-0.2, -0.15) is 0 Å². The van der Waals surface area contributed by atoms with E-state index >= 15 is 0 Å². The Labute approximate surface area is 97.3 Å². The van der Waals surface area contributed by atoms with Gasteiger partial charge in [-0.15, -0.1) is 0 Å². The number of aromatic nitrogens is 2. The molecule has 17 heavy (non-hydrogen) atoms. The van der Waals surface area contributed by atoms with Crippen LogP contribution in [0, 0.1) is 0 Å². The average Bonchev–Trinajstić information content (AvgIpc) is 2.74. The SMILES string of the molecule is CCCc1nc2c([nH]1)c(=O)oc1ccccc12. The van der Waals surface area contributed by atoms with Crippen LogP contribution in [0.25, 0.3) is 22.0 Å². The summed E-state index contributed by atoms with van der Waals surface area (Å²) in [5.41, 5.74) is 1.40. The highest BCUT2D eigenvalue weighted by molar-refractivity contribution is 6.00. The van der Waals surface area contributed by atoms with E-state index in [0.29, 0.717) is 16.6 Å². The molecule has 0 aliphatic heterocycles. The number of nitrogens with zero attached hydrogens (tertiary/aromatic N) is 1. The molecular formula is C13H12N2O2. The number of para-hydroxylation sites is 1. The van der Waals surface area contributed by atoms with Crippen LogP contribution < -0.4 is 5.63 Å². The lowest BCUT2D eigenvalue weighted by molar-refractivity contribution is 0.568. The summed E-state index contributed by atoms with van der Waals surface area (Å²) in [5.74, 6) is 0.839. The van der Waals surface area contributed by atoms with Gasteiger partial charge in [0.15, 0.2) is 5.52 Å². The Bertz CT molecular complexity index is 740. The van der Waals surface area contributed by atoms with Gasteiger partial charge in [0.1, 0.15) is 16.9 Å². The number of aryl methyl sites for hydroxylation is 1. The number of fused-ring (bicyclic) bond motifs is 3. The number of H-pyrrole nitrogens is 1. The van der Waals surface area contributed by atoms with Gasteiger partial charge in [0, 0.05) is 11.8 Å². The monoisotopic (exact) mass is 228 g/mol. The minimum absolute atomic E-state index is 0.353. The van der Waals surface area contributed by atoms with Gasteiger partial charge in [0.2, 0.25) is 0 Å². The highest BCUT2D eigenvalue weighted by Crippen LogP contribution is 2.20. The lowest BCUT2D eigenvalue weighted by Crippen LogP contribution is -1.99. The molecule has 0 amide bonds. The number of benzene rings is 1. The molecule has 1 N–H and O–H groups in total. The van der Waals surface area contributed by atoms with Crippen LogP contribution in [0.2, 0.25) is 0 Å². The van der Waals surface area contributed by atoms with Gasteiger partial charge in [0.05, 0.1) is 0 Å². The van der Waals surface area contributed by atoms with Crippen LogP contribution in [0.15, 0.2) is 33.5 Å². The van der Waals surface area contributed by atoms with Crippen molar-refractivity contribution in [2.45, 2.75) is 19.8 Å². The third-order valence-electron chi connectivity index (χ3n) is 2.79. The summed E-state index contributed by atoms with van der Waals surface area (Å²) < 4.78 is 5.24. The Balaban J connectivity index is 2.43. The predicted octanol–water partition coefficient (Wildman–Crippen LogP) is 2.62. The summed E-state index contributed by atoms with van der Waals surface area (Å²) >= 11 is 0. The van der Waals surface area contributed by atoms with E-state index < -0.39 is 0 Å². The number of hydrogen-bond donors (Lipinski definition) is 1. The standard InChI is InChI=1S/C13H12N2O2/c1-2-5-10-14-11-8-6-3-4-7-9(8)17-13(16)12(11)15-10/h3-4,6-7H,2,5H2,1H3,(H,14,15). The fraction of sp³-hybridized carbons (Fsp3) is 0.231. The molecule has 4 heteroatoms. The van der Waals surface area contributed by atoms with Crippen molar-refractivity contribution in [1.82, 2.24) is 9.97 Å². The zero-order valence-electron chi connectivity index (χ0n) is 9.49. The molecule has 0 bridgehead atoms. The number of imidazole rings is 1. The Morgan fingerprint density at radius 3 is 3.00 bits per heavy atom. The third kappa shape index (κ3) is 1.53. The molecule has 0 atom stereocenters. The summed E-state index contributed by atoms with van der Waals surface area (Å²) in [6.07, 6.45) is 1.82. The molecule has 0 saturated carbocycles. The minimum atomic E-state index is -0.353. The van der Waals surface area contributed by atoms with Crippen molar-refractivity contribution in [2.24, 2.45) is 0 Å². The number of rotatable bonds is 2. The van der Waals surface area contributed by atoms with Gasteiger partial charge in [-0.3, -0.25) is 0 Å². The van der Waals surface area contributed by atoms with Gasteiger partial charge in [0.25, 0.3) is 0 Å². The second-order valence-electron chi connectivity index (χ2n) is 4.04. The molecule has 0 aliphatic carbocycles. The van der Waals surface area contributed by atoms with E-state index in [4.69, 9.17) is 4.42 Å². The van der Waals surface area contributed by atoms with Crippen molar-refractivity contribution in [1.29, 1.82) is 0 Å². The summed E-state index contributed by atoms with van der Waals surface area (Å²) in [6, 6.07) is 7.45. The first kappa shape index (κ1) is 10.1. The molecule has 3 rings (SSSR count). The third-order valence-corrected chi connectivity index (χ3v) is 2.79. The maximum atomic E-state index is 11.8. The van der Waals surface area contributed by atoms with Crippen LogP contribution in [-0.2, 0) is 6.42 Å². The lowest BCUT2D eigenvalue weighted by atomic mass is 10.2. The number of nitrogens with one attached hydrogen (secondary N) is 1. The van der Waals surface area contributed by atoms with Crippen molar-refractivity contribution >= 4 is 22.0 Å². The normalized spacial score (nSPS) is 11.4. The molecule has 0 radical (unpaired) electrons. The molecule has 4 nitrogen and oxygen atoms in total. The van der Waals surface area contributed by atoms with Gasteiger partial charge in [-0.05, 0) is 18.6 Å². The van der Waals surface area contributed by atoms with Crippen molar-refractivity contribution in [3.05, 3.63) is 40.5 Å². The Kier molecular flexibility index (Phi) is 2.21. The topological polar surface area (TPSA) is 58.9 Å². The first-order valence-corrected chi connectivity index (χ1v) is 5.70. The molecule has 0 unspecified atom stereocenters. The largest absolute Gasteiger partial charge is 0.421 e. The van der Waals surface area contributed by atoms with Crippen molar-refractivity contribution < 1.29 is 4.42 Å². The maximum absolute atomic E-state index is 11.8. The predicted molar refractivity (Wildman–Crippen MR) is 66.1 cm³/mol. The molecule has 0 aliphatic rings. The van der Waals surface area contributed by atoms with Crippen LogP contribution in [0.5, 0.6) is 0 Å². The zero-order chi connectivity index (χ0) is 11.8. The maximum Gasteiger partial charge on any atom is 0.362 e. The Morgan fingerprint density at radius 2 is 2.18 bits per heavy atom. The molecular weight excluding hydrogens is 216 g/mol. The summed E-state index contributed by atoms with van der Waals surface area (Å²) in [6.45, 7) is 2.08. The minimum Gasteiger partial charge on any atom is -0.421 e. The molecule has 0 spiro atoms. The fourth-order valence-electron chi connectivity index (χ4n) is 2.02. The van der Waals surface area contributed by atoms with E-state index in [-0.39, 0.29) is 5.63 Å². The van der Waals surface area contributed by atoms with Crippen molar-refractivity contribution in [3.8, 4) is 0 Å². The highest BCUT2D eigenvalue weighted by Gasteiger charge is 2.11. The van der Waals surface area contributed by atoms with E-state index in [2.05, 4.69) is 16.9 Å². The van der Waals surface area contributed by atoms with Crippen molar-refractivity contribution in [3.63, 3.8) is 0 Å². The van der Waals surface area contributed by atoms with E-state index in [1.54, 1.807) is 6.07 Å². The highest BCUT2D eigenvalue weighted by atomic mass is 16.4. The summed E-state index contributed by atoms with van der Waals surface area (Å²) in [5, 5.41) is 0.876. The van der Waals surface area contributed by atoms with Gasteiger partial charge in [-0.1, -0.05) is 19.1 Å². The summed E-state index contributed by atoms with van der Waals surface area (Å²) in [7, 11) is 0. The first-order valence-electron chi connectivity index (χ1n) is 5.70. The van der Waals surface area contributed by atoms with Crippen LogP contribution in [0.1, 0.15) is 19.2 Å². The molecule has 2 aromatic heterocycles. The first-order chi connectivity index (χ1) is 8.29. The zero-order valence-corrected chi connectivity index (χ0v) is 9.49. The molecule has 86 valence electrons. The lowest BCUT2D eigenvalue weighted by Gasteiger charge is -1.95. The molecule has 2 heterocycles. The van der Waals surface area contributed by atoms with Crippen LogP contribution >= 0.6 is 0 Å². The summed E-state index contributed by atoms with van der Waals surface area (Å²) in [4.78, 5) is 19.3. The quantitative estimate of drug-likeness (QED) is 0.686. The van der Waals surface area contributed by atoms with Gasteiger partial charge >= 0.3 is 5.63 Å². The van der Waals surface area contributed by atoms with E-state index in [9.17, 15) is 4.79 Å². The Morgan fingerprint density at radius 1 is 1.35 bits per heavy atom. The Hall–Kier alpha value is -2.10. The second-order valence-corrected chi connectivity index (χ2v) is 4.04. The fourth-order valence-corrected chi connectivity index (χ4v) is 2.02. The molecule has 0 fully saturated rings. The second kappa shape index (κ2) is 3.73. The molecule has 1 aromatic carbocycles. The van der Waals surface area contributed by atoms with E-state index in [1.165, 1.54) is 0 Å². The smallest absolute Gasteiger partial charge is 0.362 e. The number of hydrogen-bond acceptors (Lipinski definition) is 3. The van der Waals surface area contributed by atoms with Crippen LogP contribution in [-0.4, -0.2) is 9.97 Å². The van der Waals surface area contributed by atoms with Crippen LogP contribution in [0.4, 0.5) is 0 Å². The van der Waals surface area contributed by atoms with Crippen LogP contribution in [0.3, 0.4) is 0 Å². The van der Waals surface area contributed by atoms with Crippen molar-refractivity contribution in [2.75, 3.05) is 0 Å². The molecule has 0 saturated heterocycles. The van der Waals surface area contributed by atoms with E-state index in [0.717, 1.165) is 24.1 Å². The van der Waals surface area contributed by atoms with E-state index in [1.807, 2.05) is 18.2 Å². The van der Waals surface area contributed by atoms with Gasteiger partial charge < -0.3 is 9.40 Å². The average molecular weight is 228 g/mol. The number of aromatic amines is 1.